The van der Waals surface area contributed by atoms with Crippen molar-refractivity contribution in [3.05, 3.63) is 47.8 Å². The molecular formula is C14H10F6N2. The maximum Gasteiger partial charge on any atom is 0.433 e. The number of halogens is 6. The Kier molecular flexibility index (Phi) is 4.04. The number of rotatable bonds is 2. The molecule has 2 aromatic rings. The lowest BCUT2D eigenvalue weighted by Crippen LogP contribution is -2.08. The first-order valence-corrected chi connectivity index (χ1v) is 6.05. The number of hydrogen-bond donors (Lipinski definition) is 1. The lowest BCUT2D eigenvalue weighted by atomic mass is 10.0. The Morgan fingerprint density at radius 3 is 2.05 bits per heavy atom. The van der Waals surface area contributed by atoms with E-state index in [0.29, 0.717) is 5.56 Å². The molecule has 2 rings (SSSR count). The Morgan fingerprint density at radius 2 is 1.59 bits per heavy atom. The molecule has 1 heterocycles. The molecule has 1 aromatic heterocycles. The highest BCUT2D eigenvalue weighted by atomic mass is 19.4. The summed E-state index contributed by atoms with van der Waals surface area (Å²) >= 11 is 0. The molecule has 0 aliphatic carbocycles. The van der Waals surface area contributed by atoms with E-state index in [1.54, 1.807) is 0 Å². The molecule has 1 N–H and O–H groups in total. The van der Waals surface area contributed by atoms with Gasteiger partial charge in [-0.25, -0.2) is 0 Å². The van der Waals surface area contributed by atoms with Gasteiger partial charge in [-0.1, -0.05) is 12.1 Å². The molecule has 22 heavy (non-hydrogen) atoms. The zero-order chi connectivity index (χ0) is 16.5. The molecule has 8 heteroatoms. The predicted octanol–water partition coefficient (Wildman–Crippen LogP) is 4.83. The largest absolute Gasteiger partial charge is 0.433 e. The summed E-state index contributed by atoms with van der Waals surface area (Å²) in [6.07, 6.45) is -8.08. The van der Waals surface area contributed by atoms with Crippen molar-refractivity contribution in [2.24, 2.45) is 0 Å². The Morgan fingerprint density at radius 1 is 0.909 bits per heavy atom. The van der Waals surface area contributed by atoms with Gasteiger partial charge in [0.2, 0.25) is 0 Å². The number of benzene rings is 1. The molecule has 0 saturated heterocycles. The summed E-state index contributed by atoms with van der Waals surface area (Å²) < 4.78 is 75.3. The maximum absolute atomic E-state index is 12.7. The molecule has 0 aliphatic heterocycles. The van der Waals surface area contributed by atoms with Gasteiger partial charge in [0.1, 0.15) is 5.69 Å². The molecule has 0 aliphatic rings. The summed E-state index contributed by atoms with van der Waals surface area (Å²) in [4.78, 5) is 3.30. The van der Waals surface area contributed by atoms with Crippen molar-refractivity contribution in [2.75, 3.05) is 12.4 Å². The number of aromatic nitrogens is 1. The summed E-state index contributed by atoms with van der Waals surface area (Å²) in [5, 5.41) is 2.60. The number of pyridine rings is 1. The summed E-state index contributed by atoms with van der Waals surface area (Å²) in [7, 11) is 1.43. The molecule has 0 saturated carbocycles. The fourth-order valence-corrected chi connectivity index (χ4v) is 1.90. The van der Waals surface area contributed by atoms with E-state index in [2.05, 4.69) is 10.3 Å². The van der Waals surface area contributed by atoms with Crippen LogP contribution in [-0.2, 0) is 12.4 Å². The molecule has 0 spiro atoms. The minimum atomic E-state index is -4.56. The third-order valence-corrected chi connectivity index (χ3v) is 2.98. The second-order valence-electron chi connectivity index (χ2n) is 4.44. The van der Waals surface area contributed by atoms with Crippen LogP contribution in [0.5, 0.6) is 0 Å². The molecule has 0 bridgehead atoms. The normalized spacial score (nSPS) is 12.3. The van der Waals surface area contributed by atoms with E-state index in [1.165, 1.54) is 19.2 Å². The zero-order valence-electron chi connectivity index (χ0n) is 11.2. The van der Waals surface area contributed by atoms with Crippen LogP contribution in [0.3, 0.4) is 0 Å². The van der Waals surface area contributed by atoms with E-state index in [1.807, 2.05) is 0 Å². The maximum atomic E-state index is 12.7. The van der Waals surface area contributed by atoms with Crippen molar-refractivity contribution in [3.8, 4) is 11.1 Å². The lowest BCUT2D eigenvalue weighted by Gasteiger charge is -2.14. The van der Waals surface area contributed by atoms with E-state index in [9.17, 15) is 26.3 Å². The molecule has 0 atom stereocenters. The number of nitrogens with one attached hydrogen (secondary N) is 1. The summed E-state index contributed by atoms with van der Waals surface area (Å²) in [5.74, 6) is 0. The Hall–Kier alpha value is -2.25. The molecule has 1 aromatic carbocycles. The van der Waals surface area contributed by atoms with Crippen LogP contribution in [0.1, 0.15) is 11.3 Å². The van der Waals surface area contributed by atoms with Gasteiger partial charge in [-0.2, -0.15) is 26.3 Å². The third-order valence-electron chi connectivity index (χ3n) is 2.98. The van der Waals surface area contributed by atoms with Gasteiger partial charge in [-0.3, -0.25) is 4.98 Å². The minimum Gasteiger partial charge on any atom is -0.388 e. The van der Waals surface area contributed by atoms with Gasteiger partial charge in [0.25, 0.3) is 0 Å². The zero-order valence-corrected chi connectivity index (χ0v) is 11.2. The highest BCUT2D eigenvalue weighted by Gasteiger charge is 2.33. The average molecular weight is 320 g/mol. The lowest BCUT2D eigenvalue weighted by molar-refractivity contribution is -0.141. The fourth-order valence-electron chi connectivity index (χ4n) is 1.90. The second-order valence-corrected chi connectivity index (χ2v) is 4.44. The number of anilines is 1. The van der Waals surface area contributed by atoms with Gasteiger partial charge in [0.05, 0.1) is 5.56 Å². The van der Waals surface area contributed by atoms with E-state index in [-0.39, 0.29) is 11.3 Å². The van der Waals surface area contributed by atoms with E-state index in [4.69, 9.17) is 0 Å². The minimum absolute atomic E-state index is 0.149. The second kappa shape index (κ2) is 5.51. The number of alkyl halides is 6. The van der Waals surface area contributed by atoms with Crippen LogP contribution >= 0.6 is 0 Å². The molecule has 0 radical (unpaired) electrons. The number of hydrogen-bond acceptors (Lipinski definition) is 2. The fraction of sp³-hybridized carbons (Fsp3) is 0.214. The van der Waals surface area contributed by atoms with Gasteiger partial charge in [-0.15, -0.1) is 0 Å². The summed E-state index contributed by atoms with van der Waals surface area (Å²) in [6, 6.07) is 4.91. The molecule has 0 amide bonds. The molecule has 118 valence electrons. The Labute approximate surface area is 121 Å². The van der Waals surface area contributed by atoms with Crippen LogP contribution in [0.25, 0.3) is 11.1 Å². The molecular weight excluding hydrogens is 310 g/mol. The smallest absolute Gasteiger partial charge is 0.388 e. The molecule has 0 unspecified atom stereocenters. The quantitative estimate of drug-likeness (QED) is 0.802. The summed E-state index contributed by atoms with van der Waals surface area (Å²) in [5.41, 5.74) is -1.14. The van der Waals surface area contributed by atoms with E-state index >= 15 is 0 Å². The van der Waals surface area contributed by atoms with Gasteiger partial charge in [-0.05, 0) is 18.2 Å². The van der Waals surface area contributed by atoms with Crippen LogP contribution in [0.4, 0.5) is 32.0 Å². The first-order chi connectivity index (χ1) is 10.1. The SMILES string of the molecule is CNc1cc(C(F)(F)F)ccc1-c1ccc(C(F)(F)F)nc1. The van der Waals surface area contributed by atoms with Crippen LogP contribution in [0.2, 0.25) is 0 Å². The van der Waals surface area contributed by atoms with Crippen molar-refractivity contribution in [1.29, 1.82) is 0 Å². The Balaban J connectivity index is 2.44. The van der Waals surface area contributed by atoms with Crippen LogP contribution in [0, 0.1) is 0 Å². The van der Waals surface area contributed by atoms with Gasteiger partial charge < -0.3 is 5.32 Å². The summed E-state index contributed by atoms with van der Waals surface area (Å²) in [6.45, 7) is 0. The van der Waals surface area contributed by atoms with E-state index in [0.717, 1.165) is 24.4 Å². The standard InChI is InChI=1S/C14H10F6N2/c1-21-11-6-9(13(15,16)17)3-4-10(11)8-2-5-12(22-7-8)14(18,19)20/h2-7,21H,1H3. The van der Waals surface area contributed by atoms with Gasteiger partial charge in [0.15, 0.2) is 0 Å². The van der Waals surface area contributed by atoms with Crippen molar-refractivity contribution >= 4 is 5.69 Å². The van der Waals surface area contributed by atoms with Gasteiger partial charge >= 0.3 is 12.4 Å². The Bertz CT molecular complexity index is 659. The first kappa shape index (κ1) is 16.1. The van der Waals surface area contributed by atoms with E-state index < -0.39 is 23.6 Å². The van der Waals surface area contributed by atoms with Crippen LogP contribution < -0.4 is 5.32 Å². The third kappa shape index (κ3) is 3.32. The van der Waals surface area contributed by atoms with Crippen molar-refractivity contribution in [2.45, 2.75) is 12.4 Å². The molecule has 2 nitrogen and oxygen atoms in total. The topological polar surface area (TPSA) is 24.9 Å². The van der Waals surface area contributed by atoms with Crippen molar-refractivity contribution in [1.82, 2.24) is 4.98 Å². The highest BCUT2D eigenvalue weighted by Crippen LogP contribution is 2.36. The molecule has 0 fully saturated rings. The predicted molar refractivity (Wildman–Crippen MR) is 69.2 cm³/mol. The average Bonchev–Trinajstić information content (AvgIpc) is 2.45. The van der Waals surface area contributed by atoms with Crippen molar-refractivity contribution in [3.63, 3.8) is 0 Å². The van der Waals surface area contributed by atoms with Crippen LogP contribution in [0.15, 0.2) is 36.5 Å². The first-order valence-electron chi connectivity index (χ1n) is 6.05. The van der Waals surface area contributed by atoms with Crippen LogP contribution in [-0.4, -0.2) is 12.0 Å². The monoisotopic (exact) mass is 320 g/mol. The van der Waals surface area contributed by atoms with Crippen molar-refractivity contribution < 1.29 is 26.3 Å². The highest BCUT2D eigenvalue weighted by molar-refractivity contribution is 5.78. The number of nitrogens with zero attached hydrogens (tertiary/aromatic N) is 1. The van der Waals surface area contributed by atoms with Gasteiger partial charge in [0, 0.05) is 30.1 Å².